The lowest BCUT2D eigenvalue weighted by atomic mass is 10.1. The van der Waals surface area contributed by atoms with Gasteiger partial charge in [-0.1, -0.05) is 25.5 Å². The molecule has 1 unspecified atom stereocenters. The van der Waals surface area contributed by atoms with Crippen LogP contribution in [0.15, 0.2) is 11.6 Å². The molecule has 0 spiro atoms. The molecule has 0 aliphatic rings. The van der Waals surface area contributed by atoms with E-state index in [1.807, 2.05) is 0 Å². The molecular formula is C11H23NO. The second kappa shape index (κ2) is 7.10. The summed E-state index contributed by atoms with van der Waals surface area (Å²) < 4.78 is 5.14. The number of nitrogens with one attached hydrogen (secondary N) is 1. The first kappa shape index (κ1) is 12.7. The van der Waals surface area contributed by atoms with E-state index in [1.165, 1.54) is 5.57 Å². The molecule has 13 heavy (non-hydrogen) atoms. The summed E-state index contributed by atoms with van der Waals surface area (Å²) in [7, 11) is 1.75. The van der Waals surface area contributed by atoms with Crippen LogP contribution in [0.5, 0.6) is 0 Å². The summed E-state index contributed by atoms with van der Waals surface area (Å²) in [5.41, 5.74) is 1.35. The van der Waals surface area contributed by atoms with E-state index in [1.54, 1.807) is 7.11 Å². The molecule has 78 valence electrons. The van der Waals surface area contributed by atoms with Crippen molar-refractivity contribution >= 4 is 0 Å². The molecule has 0 saturated heterocycles. The van der Waals surface area contributed by atoms with Crippen LogP contribution in [-0.2, 0) is 4.74 Å². The topological polar surface area (TPSA) is 21.3 Å². The molecule has 0 rings (SSSR count). The van der Waals surface area contributed by atoms with Gasteiger partial charge in [-0.3, -0.25) is 0 Å². The monoisotopic (exact) mass is 185 g/mol. The summed E-state index contributed by atoms with van der Waals surface area (Å²) in [6.07, 6.45) is 2.20. The lowest BCUT2D eigenvalue weighted by molar-refractivity contribution is 0.149. The fourth-order valence-electron chi connectivity index (χ4n) is 1.08. The third-order valence-corrected chi connectivity index (χ3v) is 2.04. The summed E-state index contributed by atoms with van der Waals surface area (Å²) in [5, 5.41) is 3.45. The highest BCUT2D eigenvalue weighted by molar-refractivity contribution is 4.95. The van der Waals surface area contributed by atoms with Gasteiger partial charge in [0.05, 0.1) is 6.61 Å². The first-order valence-corrected chi connectivity index (χ1v) is 4.93. The van der Waals surface area contributed by atoms with Crippen molar-refractivity contribution in [2.45, 2.75) is 33.7 Å². The SMILES string of the molecule is COCC(NCC=C(C)C)C(C)C. The van der Waals surface area contributed by atoms with Crippen molar-refractivity contribution in [2.24, 2.45) is 5.92 Å². The van der Waals surface area contributed by atoms with E-state index in [-0.39, 0.29) is 0 Å². The fraction of sp³-hybridized carbons (Fsp3) is 0.818. The van der Waals surface area contributed by atoms with E-state index < -0.39 is 0 Å². The van der Waals surface area contributed by atoms with Gasteiger partial charge in [-0.15, -0.1) is 0 Å². The van der Waals surface area contributed by atoms with Gasteiger partial charge >= 0.3 is 0 Å². The lowest BCUT2D eigenvalue weighted by Crippen LogP contribution is -2.37. The highest BCUT2D eigenvalue weighted by Gasteiger charge is 2.10. The molecule has 0 aromatic heterocycles. The summed E-state index contributed by atoms with van der Waals surface area (Å²) in [5.74, 6) is 0.616. The molecule has 1 N–H and O–H groups in total. The van der Waals surface area contributed by atoms with Gasteiger partial charge in [-0.2, -0.15) is 0 Å². The first-order valence-electron chi connectivity index (χ1n) is 4.93. The van der Waals surface area contributed by atoms with Crippen LogP contribution in [0.4, 0.5) is 0 Å². The number of methoxy groups -OCH3 is 1. The second-order valence-electron chi connectivity index (χ2n) is 4.00. The Kier molecular flexibility index (Phi) is 6.92. The molecule has 0 heterocycles. The summed E-state index contributed by atoms with van der Waals surface area (Å²) in [4.78, 5) is 0. The van der Waals surface area contributed by atoms with Gasteiger partial charge in [0.1, 0.15) is 0 Å². The number of allylic oxidation sites excluding steroid dienone is 1. The van der Waals surface area contributed by atoms with E-state index in [0.29, 0.717) is 12.0 Å². The van der Waals surface area contributed by atoms with Crippen LogP contribution >= 0.6 is 0 Å². The zero-order valence-electron chi connectivity index (χ0n) is 9.55. The van der Waals surface area contributed by atoms with Crippen molar-refractivity contribution in [1.29, 1.82) is 0 Å². The molecule has 0 aliphatic carbocycles. The Morgan fingerprint density at radius 1 is 1.38 bits per heavy atom. The molecule has 2 heteroatoms. The quantitative estimate of drug-likeness (QED) is 0.641. The fourth-order valence-corrected chi connectivity index (χ4v) is 1.08. The predicted molar refractivity (Wildman–Crippen MR) is 57.9 cm³/mol. The Labute approximate surface area is 82.4 Å². The summed E-state index contributed by atoms with van der Waals surface area (Å²) >= 11 is 0. The Balaban J connectivity index is 3.76. The Bertz CT molecular complexity index is 148. The predicted octanol–water partition coefficient (Wildman–Crippen LogP) is 2.21. The van der Waals surface area contributed by atoms with Gasteiger partial charge in [0, 0.05) is 19.7 Å². The molecule has 0 fully saturated rings. The van der Waals surface area contributed by atoms with Gasteiger partial charge in [0.25, 0.3) is 0 Å². The Morgan fingerprint density at radius 2 is 2.00 bits per heavy atom. The third kappa shape index (κ3) is 6.79. The van der Waals surface area contributed by atoms with E-state index in [2.05, 4.69) is 39.1 Å². The maximum atomic E-state index is 5.14. The zero-order valence-corrected chi connectivity index (χ0v) is 9.55. The van der Waals surface area contributed by atoms with Gasteiger partial charge in [-0.25, -0.2) is 0 Å². The smallest absolute Gasteiger partial charge is 0.0618 e. The van der Waals surface area contributed by atoms with Crippen molar-refractivity contribution in [3.63, 3.8) is 0 Å². The van der Waals surface area contributed by atoms with Crippen molar-refractivity contribution in [3.05, 3.63) is 11.6 Å². The number of rotatable bonds is 6. The third-order valence-electron chi connectivity index (χ3n) is 2.04. The molecule has 0 bridgehead atoms. The minimum absolute atomic E-state index is 0.459. The standard InChI is InChI=1S/C11H23NO/c1-9(2)6-7-12-11(8-13-5)10(3)4/h6,10-12H,7-8H2,1-5H3. The summed E-state index contributed by atoms with van der Waals surface area (Å²) in [6.45, 7) is 10.4. The summed E-state index contributed by atoms with van der Waals surface area (Å²) in [6, 6.07) is 0.459. The zero-order chi connectivity index (χ0) is 10.3. The molecule has 0 radical (unpaired) electrons. The first-order chi connectivity index (χ1) is 6.07. The van der Waals surface area contributed by atoms with Gasteiger partial charge in [-0.05, 0) is 19.8 Å². The van der Waals surface area contributed by atoms with E-state index in [4.69, 9.17) is 4.74 Å². The van der Waals surface area contributed by atoms with Crippen molar-refractivity contribution in [3.8, 4) is 0 Å². The van der Waals surface area contributed by atoms with Crippen LogP contribution < -0.4 is 5.32 Å². The minimum Gasteiger partial charge on any atom is -0.383 e. The van der Waals surface area contributed by atoms with Gasteiger partial charge in [0.2, 0.25) is 0 Å². The maximum absolute atomic E-state index is 5.14. The van der Waals surface area contributed by atoms with Crippen LogP contribution in [0, 0.1) is 5.92 Å². The van der Waals surface area contributed by atoms with Gasteiger partial charge < -0.3 is 10.1 Å². The molecule has 1 atom stereocenters. The largest absolute Gasteiger partial charge is 0.383 e. The minimum atomic E-state index is 0.459. The van der Waals surface area contributed by atoms with E-state index >= 15 is 0 Å². The normalized spacial score (nSPS) is 13.1. The average Bonchev–Trinajstić information content (AvgIpc) is 2.02. The maximum Gasteiger partial charge on any atom is 0.0618 e. The Morgan fingerprint density at radius 3 is 2.38 bits per heavy atom. The van der Waals surface area contributed by atoms with Crippen LogP contribution in [0.1, 0.15) is 27.7 Å². The van der Waals surface area contributed by atoms with Crippen LogP contribution in [-0.4, -0.2) is 26.3 Å². The average molecular weight is 185 g/mol. The molecule has 0 amide bonds. The number of hydrogen-bond acceptors (Lipinski definition) is 2. The van der Waals surface area contributed by atoms with Crippen molar-refractivity contribution in [1.82, 2.24) is 5.32 Å². The Hall–Kier alpha value is -0.340. The second-order valence-corrected chi connectivity index (χ2v) is 4.00. The van der Waals surface area contributed by atoms with Crippen LogP contribution in [0.25, 0.3) is 0 Å². The number of ether oxygens (including phenoxy) is 1. The molecular weight excluding hydrogens is 162 g/mol. The molecule has 0 aromatic rings. The van der Waals surface area contributed by atoms with Crippen LogP contribution in [0.2, 0.25) is 0 Å². The van der Waals surface area contributed by atoms with Gasteiger partial charge in [0.15, 0.2) is 0 Å². The molecule has 0 aromatic carbocycles. The van der Waals surface area contributed by atoms with E-state index in [9.17, 15) is 0 Å². The number of hydrogen-bond donors (Lipinski definition) is 1. The molecule has 0 aliphatic heterocycles. The molecule has 2 nitrogen and oxygen atoms in total. The highest BCUT2D eigenvalue weighted by atomic mass is 16.5. The highest BCUT2D eigenvalue weighted by Crippen LogP contribution is 2.01. The molecule has 0 saturated carbocycles. The van der Waals surface area contributed by atoms with Crippen molar-refractivity contribution in [2.75, 3.05) is 20.3 Å². The van der Waals surface area contributed by atoms with Crippen molar-refractivity contribution < 1.29 is 4.74 Å². The lowest BCUT2D eigenvalue weighted by Gasteiger charge is -2.20. The van der Waals surface area contributed by atoms with Crippen LogP contribution in [0.3, 0.4) is 0 Å². The van der Waals surface area contributed by atoms with E-state index in [0.717, 1.165) is 13.2 Å².